The summed E-state index contributed by atoms with van der Waals surface area (Å²) in [6, 6.07) is 6.43. The number of hydrogen-bond acceptors (Lipinski definition) is 5. The van der Waals surface area contributed by atoms with Crippen LogP contribution in [-0.2, 0) is 10.0 Å². The number of anilines is 1. The fraction of sp³-hybridized carbons (Fsp3) is 0.417. The van der Waals surface area contributed by atoms with E-state index in [9.17, 15) is 26.4 Å². The van der Waals surface area contributed by atoms with Gasteiger partial charge in [-0.2, -0.15) is 9.40 Å². The second kappa shape index (κ2) is 8.60. The fourth-order valence-electron chi connectivity index (χ4n) is 5.72. The van der Waals surface area contributed by atoms with Crippen molar-refractivity contribution in [1.29, 1.82) is 0 Å². The Hall–Kier alpha value is -2.83. The number of amides is 1. The Morgan fingerprint density at radius 1 is 1.14 bits per heavy atom. The number of rotatable bonds is 4. The van der Waals surface area contributed by atoms with Crippen LogP contribution in [0, 0.1) is 5.82 Å². The van der Waals surface area contributed by atoms with Crippen molar-refractivity contribution in [2.75, 3.05) is 31.1 Å². The highest BCUT2D eigenvalue weighted by Gasteiger charge is 2.45. The standard InChI is InChI=1S/C24H23ClF3N5O3S/c25-20-8-15(26)1-4-19(20)23(34)31-11-16-2-3-17(12-31)33(16)21-9-18(7-14-10-29-30-22(14)21)37(35,36)32-6-5-24(27,28)13-32/h1,4,7-10,16-17H,2-3,5-6,11-13H2,(H,29,30)/t16-,17+. The number of nitrogens with zero attached hydrogens (tertiary/aromatic N) is 4. The second-order valence-electron chi connectivity index (χ2n) is 9.85. The van der Waals surface area contributed by atoms with Crippen molar-refractivity contribution in [3.05, 3.63) is 52.9 Å². The van der Waals surface area contributed by atoms with E-state index in [4.69, 9.17) is 11.6 Å². The molecule has 0 unspecified atom stereocenters. The first-order valence-electron chi connectivity index (χ1n) is 11.9. The zero-order valence-electron chi connectivity index (χ0n) is 19.5. The molecule has 3 aliphatic heterocycles. The topological polar surface area (TPSA) is 89.6 Å². The summed E-state index contributed by atoms with van der Waals surface area (Å²) in [6.45, 7) is -0.347. The van der Waals surface area contributed by atoms with Crippen molar-refractivity contribution in [3.63, 3.8) is 0 Å². The van der Waals surface area contributed by atoms with Gasteiger partial charge in [0, 0.05) is 43.5 Å². The smallest absolute Gasteiger partial charge is 0.262 e. The monoisotopic (exact) mass is 553 g/mol. The van der Waals surface area contributed by atoms with Gasteiger partial charge in [0.05, 0.1) is 39.4 Å². The number of piperazine rings is 1. The van der Waals surface area contributed by atoms with E-state index in [2.05, 4.69) is 15.1 Å². The molecule has 6 rings (SSSR count). The molecule has 8 nitrogen and oxygen atoms in total. The molecule has 196 valence electrons. The number of alkyl halides is 2. The minimum absolute atomic E-state index is 0.0457. The first kappa shape index (κ1) is 24.5. The van der Waals surface area contributed by atoms with Crippen LogP contribution >= 0.6 is 11.6 Å². The summed E-state index contributed by atoms with van der Waals surface area (Å²) in [4.78, 5) is 16.9. The molecule has 1 amide bonds. The number of aromatic amines is 1. The number of H-pyrrole nitrogens is 1. The van der Waals surface area contributed by atoms with Gasteiger partial charge in [0.1, 0.15) is 5.82 Å². The summed E-state index contributed by atoms with van der Waals surface area (Å²) in [6.07, 6.45) is 2.55. The quantitative estimate of drug-likeness (QED) is 0.530. The Morgan fingerprint density at radius 2 is 1.86 bits per heavy atom. The number of fused-ring (bicyclic) bond motifs is 3. The molecule has 0 saturated carbocycles. The molecule has 0 radical (unpaired) electrons. The lowest BCUT2D eigenvalue weighted by Crippen LogP contribution is -2.55. The minimum Gasteiger partial charge on any atom is -0.360 e. The van der Waals surface area contributed by atoms with E-state index in [1.54, 1.807) is 4.90 Å². The fourth-order valence-corrected chi connectivity index (χ4v) is 7.49. The molecule has 13 heteroatoms. The van der Waals surface area contributed by atoms with Gasteiger partial charge >= 0.3 is 0 Å². The third kappa shape index (κ3) is 4.15. The lowest BCUT2D eigenvalue weighted by molar-refractivity contribution is 0.0183. The molecule has 4 heterocycles. The highest BCUT2D eigenvalue weighted by Crippen LogP contribution is 2.41. The van der Waals surface area contributed by atoms with Crippen LogP contribution in [0.1, 0.15) is 29.6 Å². The van der Waals surface area contributed by atoms with Gasteiger partial charge in [-0.1, -0.05) is 11.6 Å². The number of nitrogens with one attached hydrogen (secondary N) is 1. The van der Waals surface area contributed by atoms with Gasteiger partial charge in [-0.15, -0.1) is 0 Å². The lowest BCUT2D eigenvalue weighted by atomic mass is 10.1. The van der Waals surface area contributed by atoms with Crippen molar-refractivity contribution < 1.29 is 26.4 Å². The van der Waals surface area contributed by atoms with Gasteiger partial charge < -0.3 is 9.80 Å². The number of likely N-dealkylation sites (tertiary alicyclic amines) is 1. The molecule has 2 bridgehead atoms. The normalized spacial score (nSPS) is 23.8. The summed E-state index contributed by atoms with van der Waals surface area (Å²) in [5.41, 5.74) is 1.48. The molecule has 1 aromatic heterocycles. The van der Waals surface area contributed by atoms with E-state index in [-0.39, 0.29) is 40.0 Å². The maximum Gasteiger partial charge on any atom is 0.262 e. The SMILES string of the molecule is O=C(c1ccc(F)cc1Cl)N1C[C@H]2CC[C@@H](C1)N2c1cc(S(=O)(=O)N2CCC(F)(F)C2)cc2cn[nH]c12. The van der Waals surface area contributed by atoms with E-state index in [0.717, 1.165) is 23.2 Å². The number of hydrogen-bond donors (Lipinski definition) is 1. The summed E-state index contributed by atoms with van der Waals surface area (Å²) in [7, 11) is -4.15. The van der Waals surface area contributed by atoms with Crippen molar-refractivity contribution in [1.82, 2.24) is 19.4 Å². The Labute approximate surface area is 216 Å². The molecule has 3 aliphatic rings. The Balaban J connectivity index is 1.33. The van der Waals surface area contributed by atoms with Gasteiger partial charge in [0.15, 0.2) is 0 Å². The van der Waals surface area contributed by atoms with E-state index in [1.807, 2.05) is 0 Å². The van der Waals surface area contributed by atoms with Crippen LogP contribution in [0.5, 0.6) is 0 Å². The number of carbonyl (C=O) groups is 1. The minimum atomic E-state index is -4.15. The largest absolute Gasteiger partial charge is 0.360 e. The molecular formula is C24H23ClF3N5O3S. The average Bonchev–Trinajstić information content (AvgIpc) is 3.53. The van der Waals surface area contributed by atoms with Crippen LogP contribution in [0.3, 0.4) is 0 Å². The van der Waals surface area contributed by atoms with Crippen molar-refractivity contribution in [2.24, 2.45) is 0 Å². The predicted octanol–water partition coefficient (Wildman–Crippen LogP) is 3.88. The highest BCUT2D eigenvalue weighted by molar-refractivity contribution is 7.89. The van der Waals surface area contributed by atoms with Crippen LogP contribution in [-0.4, -0.2) is 77.9 Å². The van der Waals surface area contributed by atoms with Gasteiger partial charge in [0.2, 0.25) is 10.0 Å². The summed E-state index contributed by atoms with van der Waals surface area (Å²) >= 11 is 6.12. The Kier molecular flexibility index (Phi) is 5.70. The molecule has 3 saturated heterocycles. The number of benzene rings is 2. The number of aromatic nitrogens is 2. The van der Waals surface area contributed by atoms with E-state index >= 15 is 0 Å². The molecule has 37 heavy (non-hydrogen) atoms. The maximum absolute atomic E-state index is 13.8. The van der Waals surface area contributed by atoms with Crippen LogP contribution in [0.4, 0.5) is 18.9 Å². The van der Waals surface area contributed by atoms with Gasteiger partial charge in [-0.05, 0) is 43.2 Å². The van der Waals surface area contributed by atoms with Crippen LogP contribution < -0.4 is 4.90 Å². The zero-order valence-corrected chi connectivity index (χ0v) is 21.1. The molecule has 1 N–H and O–H groups in total. The molecule has 0 aliphatic carbocycles. The van der Waals surface area contributed by atoms with Crippen LogP contribution in [0.15, 0.2) is 41.4 Å². The Morgan fingerprint density at radius 3 is 2.51 bits per heavy atom. The molecule has 2 atom stereocenters. The summed E-state index contributed by atoms with van der Waals surface area (Å²) in [5.74, 6) is -3.87. The van der Waals surface area contributed by atoms with E-state index in [1.165, 1.54) is 30.5 Å². The maximum atomic E-state index is 13.8. The van der Waals surface area contributed by atoms with Crippen molar-refractivity contribution >= 4 is 44.1 Å². The van der Waals surface area contributed by atoms with E-state index < -0.39 is 34.7 Å². The predicted molar refractivity (Wildman–Crippen MR) is 131 cm³/mol. The molecular weight excluding hydrogens is 531 g/mol. The second-order valence-corrected chi connectivity index (χ2v) is 12.2. The zero-order chi connectivity index (χ0) is 26.1. The van der Waals surface area contributed by atoms with Crippen LogP contribution in [0.2, 0.25) is 5.02 Å². The van der Waals surface area contributed by atoms with Crippen molar-refractivity contribution in [2.45, 2.75) is 42.2 Å². The first-order valence-corrected chi connectivity index (χ1v) is 13.7. The van der Waals surface area contributed by atoms with E-state index in [0.29, 0.717) is 29.7 Å². The van der Waals surface area contributed by atoms with Gasteiger partial charge in [0.25, 0.3) is 11.8 Å². The molecule has 0 spiro atoms. The lowest BCUT2D eigenvalue weighted by Gasteiger charge is -2.42. The highest BCUT2D eigenvalue weighted by atomic mass is 35.5. The molecule has 2 aromatic carbocycles. The third-order valence-electron chi connectivity index (χ3n) is 7.48. The van der Waals surface area contributed by atoms with Gasteiger partial charge in [-0.3, -0.25) is 9.89 Å². The van der Waals surface area contributed by atoms with Gasteiger partial charge in [-0.25, -0.2) is 21.6 Å². The molecule has 3 aromatic rings. The average molecular weight is 554 g/mol. The molecule has 3 fully saturated rings. The first-order chi connectivity index (χ1) is 17.5. The number of carbonyl (C=O) groups excluding carboxylic acids is 1. The number of sulfonamides is 1. The van der Waals surface area contributed by atoms with Crippen molar-refractivity contribution in [3.8, 4) is 0 Å². The summed E-state index contributed by atoms with van der Waals surface area (Å²) in [5, 5.41) is 7.61. The third-order valence-corrected chi connectivity index (χ3v) is 9.62. The van der Waals surface area contributed by atoms with Crippen LogP contribution in [0.25, 0.3) is 10.9 Å². The Bertz CT molecular complexity index is 1500. The summed E-state index contributed by atoms with van der Waals surface area (Å²) < 4.78 is 68.5. The number of halogens is 4.